The van der Waals surface area contributed by atoms with Crippen LogP contribution in [0.5, 0.6) is 0 Å². The van der Waals surface area contributed by atoms with Crippen LogP contribution in [0.25, 0.3) is 0 Å². The number of carbonyl (C=O) groups excluding carboxylic acids is 1. The molecule has 1 amide bonds. The van der Waals surface area contributed by atoms with E-state index >= 15 is 0 Å². The highest BCUT2D eigenvalue weighted by molar-refractivity contribution is 7.89. The first kappa shape index (κ1) is 20.3. The van der Waals surface area contributed by atoms with Gasteiger partial charge in [0.25, 0.3) is 5.69 Å². The summed E-state index contributed by atoms with van der Waals surface area (Å²) >= 11 is 0. The third kappa shape index (κ3) is 5.46. The molecule has 0 heterocycles. The number of nitrogens with zero attached hydrogens (tertiary/aromatic N) is 1. The van der Waals surface area contributed by atoms with Crippen molar-refractivity contribution in [3.8, 4) is 0 Å². The second-order valence-corrected chi connectivity index (χ2v) is 7.18. The topological polar surface area (TPSA) is 130 Å². The van der Waals surface area contributed by atoms with Crippen LogP contribution in [0.15, 0.2) is 47.4 Å². The molecule has 27 heavy (non-hydrogen) atoms. The van der Waals surface area contributed by atoms with E-state index in [-0.39, 0.29) is 17.1 Å². The van der Waals surface area contributed by atoms with Crippen LogP contribution in [0.1, 0.15) is 5.56 Å². The molecule has 0 atom stereocenters. The van der Waals surface area contributed by atoms with Crippen LogP contribution in [0, 0.1) is 15.9 Å². The van der Waals surface area contributed by atoms with Crippen molar-refractivity contribution in [1.29, 1.82) is 0 Å². The fraction of sp³-hybridized carbons (Fsp3) is 0.188. The molecular weight excluding hydrogens is 379 g/mol. The molecule has 0 aliphatic heterocycles. The van der Waals surface area contributed by atoms with E-state index in [9.17, 15) is 27.7 Å². The Labute approximate surface area is 154 Å². The molecule has 0 radical (unpaired) electrons. The van der Waals surface area contributed by atoms with E-state index in [1.165, 1.54) is 43.4 Å². The molecule has 2 aromatic carbocycles. The van der Waals surface area contributed by atoms with Crippen molar-refractivity contribution in [2.45, 2.75) is 11.4 Å². The second kappa shape index (κ2) is 8.56. The van der Waals surface area contributed by atoms with Gasteiger partial charge >= 0.3 is 0 Å². The van der Waals surface area contributed by atoms with Crippen LogP contribution in [0.4, 0.5) is 15.8 Å². The van der Waals surface area contributed by atoms with Gasteiger partial charge in [0.1, 0.15) is 11.5 Å². The first-order valence-electron chi connectivity index (χ1n) is 7.70. The largest absolute Gasteiger partial charge is 0.383 e. The Balaban J connectivity index is 1.99. The maximum absolute atomic E-state index is 12.8. The number of benzene rings is 2. The van der Waals surface area contributed by atoms with Crippen LogP contribution in [-0.2, 0) is 21.4 Å². The molecule has 9 nitrogen and oxygen atoms in total. The summed E-state index contributed by atoms with van der Waals surface area (Å²) in [6, 6.07) is 8.83. The summed E-state index contributed by atoms with van der Waals surface area (Å²) in [6.45, 7) is -0.450. The number of nitro groups is 1. The Kier molecular flexibility index (Phi) is 6.42. The molecule has 0 saturated heterocycles. The van der Waals surface area contributed by atoms with Gasteiger partial charge in [0, 0.05) is 19.7 Å². The van der Waals surface area contributed by atoms with E-state index in [2.05, 4.69) is 15.4 Å². The molecule has 0 aromatic heterocycles. The minimum absolute atomic E-state index is 0.100. The highest BCUT2D eigenvalue weighted by atomic mass is 32.2. The molecule has 0 spiro atoms. The number of hydrogen-bond acceptors (Lipinski definition) is 6. The van der Waals surface area contributed by atoms with Crippen molar-refractivity contribution in [3.63, 3.8) is 0 Å². The molecular formula is C16H17FN4O5S. The highest BCUT2D eigenvalue weighted by Gasteiger charge is 2.21. The standard InChI is InChI=1S/C16H17FN4O5S/c1-18-14-7-6-13(8-15(14)21(23)24)27(25,26)20-10-16(22)19-9-11-2-4-12(17)5-3-11/h2-8,18,20H,9-10H2,1H3,(H,19,22). The van der Waals surface area contributed by atoms with Crippen LogP contribution in [0.3, 0.4) is 0 Å². The lowest BCUT2D eigenvalue weighted by atomic mass is 10.2. The first-order valence-corrected chi connectivity index (χ1v) is 9.18. The number of hydrogen-bond donors (Lipinski definition) is 3. The van der Waals surface area contributed by atoms with Gasteiger partial charge in [-0.3, -0.25) is 14.9 Å². The lowest BCUT2D eigenvalue weighted by Gasteiger charge is -2.09. The zero-order chi connectivity index (χ0) is 20.0. The molecule has 3 N–H and O–H groups in total. The zero-order valence-electron chi connectivity index (χ0n) is 14.2. The van der Waals surface area contributed by atoms with E-state index < -0.39 is 38.9 Å². The monoisotopic (exact) mass is 396 g/mol. The van der Waals surface area contributed by atoms with E-state index in [0.717, 1.165) is 6.07 Å². The average molecular weight is 396 g/mol. The smallest absolute Gasteiger partial charge is 0.293 e. The maximum Gasteiger partial charge on any atom is 0.293 e. The van der Waals surface area contributed by atoms with Crippen LogP contribution < -0.4 is 15.4 Å². The predicted molar refractivity (Wildman–Crippen MR) is 96.1 cm³/mol. The summed E-state index contributed by atoms with van der Waals surface area (Å²) in [6.07, 6.45) is 0. The first-order chi connectivity index (χ1) is 12.7. The van der Waals surface area contributed by atoms with Gasteiger partial charge in [-0.05, 0) is 29.8 Å². The van der Waals surface area contributed by atoms with Crippen LogP contribution in [0.2, 0.25) is 0 Å². The highest BCUT2D eigenvalue weighted by Crippen LogP contribution is 2.26. The molecule has 2 aromatic rings. The van der Waals surface area contributed by atoms with Gasteiger partial charge in [0.2, 0.25) is 15.9 Å². The van der Waals surface area contributed by atoms with E-state index in [1.807, 2.05) is 0 Å². The number of amides is 1. The zero-order valence-corrected chi connectivity index (χ0v) is 15.0. The molecule has 0 aliphatic rings. The lowest BCUT2D eigenvalue weighted by Crippen LogP contribution is -2.36. The van der Waals surface area contributed by atoms with Crippen molar-refractivity contribution >= 4 is 27.3 Å². The number of anilines is 1. The van der Waals surface area contributed by atoms with Crippen molar-refractivity contribution in [2.75, 3.05) is 18.9 Å². The van der Waals surface area contributed by atoms with Crippen molar-refractivity contribution in [3.05, 3.63) is 64.0 Å². The van der Waals surface area contributed by atoms with Gasteiger partial charge in [-0.15, -0.1) is 0 Å². The van der Waals surface area contributed by atoms with Gasteiger partial charge in [-0.25, -0.2) is 17.5 Å². The number of nitro benzene ring substituents is 1. The summed E-state index contributed by atoms with van der Waals surface area (Å²) in [5.41, 5.74) is 0.406. The average Bonchev–Trinajstić information content (AvgIpc) is 2.65. The minimum atomic E-state index is -4.12. The molecule has 0 saturated carbocycles. The quantitative estimate of drug-likeness (QED) is 0.456. The Hall–Kier alpha value is -3.05. The summed E-state index contributed by atoms with van der Waals surface area (Å²) in [7, 11) is -2.65. The molecule has 144 valence electrons. The number of carbonyl (C=O) groups is 1. The van der Waals surface area contributed by atoms with Gasteiger partial charge < -0.3 is 10.6 Å². The number of rotatable bonds is 8. The minimum Gasteiger partial charge on any atom is -0.383 e. The van der Waals surface area contributed by atoms with E-state index in [4.69, 9.17) is 0 Å². The molecule has 0 fully saturated rings. The van der Waals surface area contributed by atoms with Crippen LogP contribution in [-0.4, -0.2) is 32.8 Å². The molecule has 0 unspecified atom stereocenters. The summed E-state index contributed by atoms with van der Waals surface area (Å²) in [5, 5.41) is 16.1. The normalized spacial score (nSPS) is 11.0. The maximum atomic E-state index is 12.8. The van der Waals surface area contributed by atoms with Crippen molar-refractivity contribution in [1.82, 2.24) is 10.0 Å². The third-order valence-corrected chi connectivity index (χ3v) is 4.97. The Morgan fingerprint density at radius 1 is 1.19 bits per heavy atom. The lowest BCUT2D eigenvalue weighted by molar-refractivity contribution is -0.384. The van der Waals surface area contributed by atoms with E-state index in [0.29, 0.717) is 5.56 Å². The summed E-state index contributed by atoms with van der Waals surface area (Å²) < 4.78 is 39.4. The molecule has 11 heteroatoms. The van der Waals surface area contributed by atoms with Gasteiger partial charge in [0.05, 0.1) is 16.4 Å². The molecule has 0 aliphatic carbocycles. The van der Waals surface area contributed by atoms with Crippen LogP contribution >= 0.6 is 0 Å². The predicted octanol–water partition coefficient (Wildman–Crippen LogP) is 1.37. The summed E-state index contributed by atoms with van der Waals surface area (Å²) in [5.74, 6) is -1.01. The Bertz CT molecular complexity index is 948. The molecule has 0 bridgehead atoms. The summed E-state index contributed by atoms with van der Waals surface area (Å²) in [4.78, 5) is 21.8. The number of sulfonamides is 1. The number of halogens is 1. The Morgan fingerprint density at radius 3 is 2.44 bits per heavy atom. The fourth-order valence-electron chi connectivity index (χ4n) is 2.15. The van der Waals surface area contributed by atoms with Crippen molar-refractivity contribution < 1.29 is 22.5 Å². The van der Waals surface area contributed by atoms with Gasteiger partial charge in [-0.2, -0.15) is 0 Å². The van der Waals surface area contributed by atoms with Gasteiger partial charge in [0.15, 0.2) is 0 Å². The number of nitrogens with one attached hydrogen (secondary N) is 3. The van der Waals surface area contributed by atoms with Crippen molar-refractivity contribution in [2.24, 2.45) is 0 Å². The SMILES string of the molecule is CNc1ccc(S(=O)(=O)NCC(=O)NCc2ccc(F)cc2)cc1[N+](=O)[O-]. The fourth-order valence-corrected chi connectivity index (χ4v) is 3.15. The van der Waals surface area contributed by atoms with Gasteiger partial charge in [-0.1, -0.05) is 12.1 Å². The van der Waals surface area contributed by atoms with E-state index in [1.54, 1.807) is 0 Å². The molecule has 2 rings (SSSR count). The Morgan fingerprint density at radius 2 is 1.85 bits per heavy atom. The second-order valence-electron chi connectivity index (χ2n) is 5.41. The third-order valence-electron chi connectivity index (χ3n) is 3.57.